The minimum Gasteiger partial charge on any atom is -0.248 e. The zero-order valence-electron chi connectivity index (χ0n) is 15.8. The van der Waals surface area contributed by atoms with Gasteiger partial charge in [-0.15, -0.1) is 0 Å². The van der Waals surface area contributed by atoms with Crippen LogP contribution >= 0.6 is 11.8 Å². The Hall–Kier alpha value is -2.93. The van der Waals surface area contributed by atoms with Crippen molar-refractivity contribution in [2.24, 2.45) is 4.99 Å². The van der Waals surface area contributed by atoms with Crippen LogP contribution in [0.5, 0.6) is 0 Å². The van der Waals surface area contributed by atoms with Gasteiger partial charge in [-0.2, -0.15) is 13.2 Å². The van der Waals surface area contributed by atoms with E-state index in [9.17, 15) is 22.0 Å². The second kappa shape index (κ2) is 9.26. The second-order valence-corrected chi connectivity index (χ2v) is 7.38. The number of hydrogen-bond acceptors (Lipinski definition) is 2. The molecule has 0 saturated carbocycles. The minimum absolute atomic E-state index is 0.0560. The summed E-state index contributed by atoms with van der Waals surface area (Å²) >= 11 is 1.25. The van der Waals surface area contributed by atoms with Crippen LogP contribution in [0.25, 0.3) is 0 Å². The standard InChI is InChI=1S/C23H16F5NS/c1-15-2-7-18(8-3-15)29-22(12-13-30-19-9-5-17(24)6-10-19)20-11-4-16(14-21(20)25)23(26,27)28/h2-14H,1H3. The molecule has 0 N–H and O–H groups in total. The molecule has 0 radical (unpaired) electrons. The quantitative estimate of drug-likeness (QED) is 0.228. The van der Waals surface area contributed by atoms with E-state index < -0.39 is 17.6 Å². The number of nitrogens with zero attached hydrogens (tertiary/aromatic N) is 1. The Morgan fingerprint density at radius 3 is 2.17 bits per heavy atom. The number of aryl methyl sites for hydroxylation is 1. The molecule has 3 aromatic rings. The maximum Gasteiger partial charge on any atom is 0.416 e. The summed E-state index contributed by atoms with van der Waals surface area (Å²) in [4.78, 5) is 5.15. The zero-order chi connectivity index (χ0) is 21.7. The van der Waals surface area contributed by atoms with Crippen LogP contribution in [0.1, 0.15) is 16.7 Å². The third-order valence-electron chi connectivity index (χ3n) is 4.10. The van der Waals surface area contributed by atoms with E-state index in [1.807, 2.05) is 19.1 Å². The van der Waals surface area contributed by atoms with Crippen molar-refractivity contribution in [3.63, 3.8) is 0 Å². The Bertz CT molecular complexity index is 1070. The lowest BCUT2D eigenvalue weighted by atomic mass is 10.1. The van der Waals surface area contributed by atoms with Crippen LogP contribution in [-0.2, 0) is 6.18 Å². The molecule has 0 aliphatic rings. The van der Waals surface area contributed by atoms with Crippen LogP contribution in [0.2, 0.25) is 0 Å². The number of halogens is 5. The van der Waals surface area contributed by atoms with Crippen LogP contribution < -0.4 is 0 Å². The number of allylic oxidation sites excluding steroid dienone is 1. The van der Waals surface area contributed by atoms with E-state index in [1.165, 1.54) is 30.0 Å². The highest BCUT2D eigenvalue weighted by Crippen LogP contribution is 2.31. The van der Waals surface area contributed by atoms with Gasteiger partial charge in [0.15, 0.2) is 0 Å². The van der Waals surface area contributed by atoms with Gasteiger partial charge in [0.05, 0.1) is 17.0 Å². The summed E-state index contributed by atoms with van der Waals surface area (Å²) < 4.78 is 66.1. The number of thioether (sulfide) groups is 1. The molecule has 0 aliphatic heterocycles. The van der Waals surface area contributed by atoms with Crippen LogP contribution in [-0.4, -0.2) is 5.71 Å². The van der Waals surface area contributed by atoms with Gasteiger partial charge >= 0.3 is 6.18 Å². The van der Waals surface area contributed by atoms with Crippen molar-refractivity contribution in [1.29, 1.82) is 0 Å². The van der Waals surface area contributed by atoms with Crippen LogP contribution in [0, 0.1) is 18.6 Å². The van der Waals surface area contributed by atoms with E-state index in [-0.39, 0.29) is 17.1 Å². The Balaban J connectivity index is 1.96. The molecule has 0 saturated heterocycles. The lowest BCUT2D eigenvalue weighted by molar-refractivity contribution is -0.137. The molecule has 0 unspecified atom stereocenters. The SMILES string of the molecule is Cc1ccc(N=C(C=CSc2ccc(F)cc2)c2ccc(C(F)(F)F)cc2F)cc1. The summed E-state index contributed by atoms with van der Waals surface area (Å²) in [5, 5.41) is 1.62. The van der Waals surface area contributed by atoms with E-state index >= 15 is 0 Å². The second-order valence-electron chi connectivity index (χ2n) is 6.40. The van der Waals surface area contributed by atoms with E-state index in [0.29, 0.717) is 11.8 Å². The monoisotopic (exact) mass is 433 g/mol. The Morgan fingerprint density at radius 2 is 1.57 bits per heavy atom. The van der Waals surface area contributed by atoms with Gasteiger partial charge in [-0.1, -0.05) is 29.5 Å². The Morgan fingerprint density at radius 1 is 0.900 bits per heavy atom. The van der Waals surface area contributed by atoms with Crippen molar-refractivity contribution in [1.82, 2.24) is 0 Å². The summed E-state index contributed by atoms with van der Waals surface area (Å²) in [5.41, 5.74) is 0.590. The van der Waals surface area contributed by atoms with Crippen molar-refractivity contribution in [3.8, 4) is 0 Å². The third-order valence-corrected chi connectivity index (χ3v) is 4.92. The highest BCUT2D eigenvalue weighted by atomic mass is 32.2. The first-order chi connectivity index (χ1) is 14.2. The van der Waals surface area contributed by atoms with Crippen LogP contribution in [0.3, 0.4) is 0 Å². The first-order valence-electron chi connectivity index (χ1n) is 8.83. The molecule has 7 heteroatoms. The largest absolute Gasteiger partial charge is 0.416 e. The average Bonchev–Trinajstić information content (AvgIpc) is 2.69. The lowest BCUT2D eigenvalue weighted by Gasteiger charge is -2.10. The molecule has 0 atom stereocenters. The van der Waals surface area contributed by atoms with Crippen LogP contribution in [0.15, 0.2) is 88.1 Å². The van der Waals surface area contributed by atoms with Gasteiger partial charge in [0, 0.05) is 10.5 Å². The fourth-order valence-electron chi connectivity index (χ4n) is 2.54. The van der Waals surface area contributed by atoms with E-state index in [2.05, 4.69) is 4.99 Å². The van der Waals surface area contributed by atoms with Gasteiger partial charge in [-0.05, 0) is 73.0 Å². The predicted molar refractivity (Wildman–Crippen MR) is 110 cm³/mol. The highest BCUT2D eigenvalue weighted by Gasteiger charge is 2.31. The van der Waals surface area contributed by atoms with Gasteiger partial charge < -0.3 is 0 Å². The van der Waals surface area contributed by atoms with Crippen molar-refractivity contribution in [3.05, 3.63) is 107 Å². The molecule has 3 aromatic carbocycles. The summed E-state index contributed by atoms with van der Waals surface area (Å²) in [7, 11) is 0. The number of aliphatic imine (C=N–C) groups is 1. The molecule has 154 valence electrons. The molecule has 0 fully saturated rings. The summed E-state index contributed by atoms with van der Waals surface area (Å²) in [6.45, 7) is 1.91. The fraction of sp³-hybridized carbons (Fsp3) is 0.0870. The number of alkyl halides is 3. The van der Waals surface area contributed by atoms with Gasteiger partial charge in [0.25, 0.3) is 0 Å². The molecule has 30 heavy (non-hydrogen) atoms. The lowest BCUT2D eigenvalue weighted by Crippen LogP contribution is -2.08. The summed E-state index contributed by atoms with van der Waals surface area (Å²) in [5.74, 6) is -1.39. The molecule has 0 spiro atoms. The molecule has 0 aromatic heterocycles. The number of rotatable bonds is 5. The molecule has 3 rings (SSSR count). The molecule has 0 amide bonds. The topological polar surface area (TPSA) is 12.4 Å². The van der Waals surface area contributed by atoms with Crippen LogP contribution in [0.4, 0.5) is 27.6 Å². The maximum absolute atomic E-state index is 14.5. The first-order valence-corrected chi connectivity index (χ1v) is 9.71. The van der Waals surface area contributed by atoms with Gasteiger partial charge in [0.2, 0.25) is 0 Å². The smallest absolute Gasteiger partial charge is 0.248 e. The average molecular weight is 433 g/mol. The van der Waals surface area contributed by atoms with Gasteiger partial charge in [0.1, 0.15) is 11.6 Å². The molecule has 0 bridgehead atoms. The predicted octanol–water partition coefficient (Wildman–Crippen LogP) is 7.72. The maximum atomic E-state index is 14.5. The van der Waals surface area contributed by atoms with E-state index in [4.69, 9.17) is 0 Å². The number of hydrogen-bond donors (Lipinski definition) is 0. The van der Waals surface area contributed by atoms with E-state index in [1.54, 1.807) is 29.7 Å². The minimum atomic E-state index is -4.64. The molecule has 0 aliphatic carbocycles. The van der Waals surface area contributed by atoms with Crippen molar-refractivity contribution in [2.45, 2.75) is 18.0 Å². The first kappa shape index (κ1) is 21.8. The van der Waals surface area contributed by atoms with Gasteiger partial charge in [-0.3, -0.25) is 0 Å². The van der Waals surface area contributed by atoms with Crippen molar-refractivity contribution in [2.75, 3.05) is 0 Å². The third kappa shape index (κ3) is 5.79. The normalized spacial score (nSPS) is 12.5. The summed E-state index contributed by atoms with van der Waals surface area (Å²) in [6, 6.07) is 15.3. The summed E-state index contributed by atoms with van der Waals surface area (Å²) in [6.07, 6.45) is -3.12. The zero-order valence-corrected chi connectivity index (χ0v) is 16.6. The fourth-order valence-corrected chi connectivity index (χ4v) is 3.18. The molecule has 1 nitrogen and oxygen atoms in total. The number of benzene rings is 3. The molecule has 0 heterocycles. The molecular weight excluding hydrogens is 417 g/mol. The Labute approximate surface area is 175 Å². The van der Waals surface area contributed by atoms with Gasteiger partial charge in [-0.25, -0.2) is 13.8 Å². The van der Waals surface area contributed by atoms with Crippen molar-refractivity contribution >= 4 is 23.2 Å². The van der Waals surface area contributed by atoms with E-state index in [0.717, 1.165) is 22.6 Å². The Kier molecular flexibility index (Phi) is 6.72. The molecular formula is C23H16F5NS. The van der Waals surface area contributed by atoms with Crippen molar-refractivity contribution < 1.29 is 22.0 Å². The highest BCUT2D eigenvalue weighted by molar-refractivity contribution is 8.02.